The lowest BCUT2D eigenvalue weighted by Crippen LogP contribution is -2.41. The molecule has 0 fully saturated rings. The third-order valence-corrected chi connectivity index (χ3v) is 8.46. The molecule has 0 rings (SSSR count). The summed E-state index contributed by atoms with van der Waals surface area (Å²) in [6.45, 7) is 8.38. The number of ether oxygens (including phenoxy) is 3. The highest BCUT2D eigenvalue weighted by atomic mass is 32.2. The Balaban J connectivity index is 4.34. The molecule has 0 aliphatic rings. The van der Waals surface area contributed by atoms with E-state index in [1.54, 1.807) is 0 Å². The van der Waals surface area contributed by atoms with E-state index in [1.807, 2.05) is 4.90 Å². The number of aliphatic hydroxyl groups is 3. The highest BCUT2D eigenvalue weighted by Crippen LogP contribution is 2.13. The minimum absolute atomic E-state index is 0.0870. The maximum atomic E-state index is 10.7. The van der Waals surface area contributed by atoms with Crippen LogP contribution in [0.15, 0.2) is 0 Å². The number of nitrogens with zero attached hydrogens (tertiary/aromatic N) is 1. The van der Waals surface area contributed by atoms with Crippen LogP contribution in [-0.4, -0.2) is 144 Å². The van der Waals surface area contributed by atoms with Gasteiger partial charge in [0, 0.05) is 39.5 Å². The first-order valence-corrected chi connectivity index (χ1v) is 19.1. The molecule has 0 aromatic carbocycles. The summed E-state index contributed by atoms with van der Waals surface area (Å²) in [4.78, 5) is 2.03. The topological polar surface area (TPSA) is 195 Å². The van der Waals surface area contributed by atoms with E-state index in [1.165, 1.54) is 6.42 Å². The van der Waals surface area contributed by atoms with Gasteiger partial charge in [-0.2, -0.15) is 8.42 Å². The van der Waals surface area contributed by atoms with E-state index in [9.17, 15) is 27.9 Å². The van der Waals surface area contributed by atoms with Crippen molar-refractivity contribution in [2.75, 3.05) is 83.9 Å². The molecule has 0 spiro atoms. The minimum atomic E-state index is -3.99. The second-order valence-electron chi connectivity index (χ2n) is 11.5. The smallest absolute Gasteiger partial charge is 0.264 e. The lowest BCUT2D eigenvalue weighted by Gasteiger charge is -2.27. The van der Waals surface area contributed by atoms with Crippen molar-refractivity contribution in [3.8, 4) is 0 Å². The number of nitrogens with one attached hydrogen (secondary N) is 1. The van der Waals surface area contributed by atoms with Gasteiger partial charge in [-0.05, 0) is 51.1 Å². The van der Waals surface area contributed by atoms with E-state index < -0.39 is 39.5 Å². The van der Waals surface area contributed by atoms with Gasteiger partial charge in [0.25, 0.3) is 10.1 Å². The molecule has 0 amide bonds. The normalized spacial score (nSPS) is 15.8. The lowest BCUT2D eigenvalue weighted by atomic mass is 10.0. The third-order valence-electron chi connectivity index (χ3n) is 7.02. The van der Waals surface area contributed by atoms with E-state index in [0.29, 0.717) is 51.7 Å². The molecule has 266 valence electrons. The average Bonchev–Trinajstić information content (AvgIpc) is 2.94. The van der Waals surface area contributed by atoms with Crippen molar-refractivity contribution in [3.63, 3.8) is 0 Å². The Labute approximate surface area is 268 Å². The molecule has 0 saturated heterocycles. The van der Waals surface area contributed by atoms with Crippen LogP contribution in [0.5, 0.6) is 0 Å². The maximum Gasteiger partial charge on any atom is 0.264 e. The van der Waals surface area contributed by atoms with Crippen molar-refractivity contribution in [2.24, 2.45) is 5.92 Å². The molecule has 0 aliphatic heterocycles. The first-order chi connectivity index (χ1) is 21.0. The molecule has 0 aromatic heterocycles. The third kappa shape index (κ3) is 30.4. The molecule has 0 saturated carbocycles. The van der Waals surface area contributed by atoms with E-state index >= 15 is 0 Å². The summed E-state index contributed by atoms with van der Waals surface area (Å²) >= 11 is -1.85. The van der Waals surface area contributed by atoms with Gasteiger partial charge in [-0.15, -0.1) is 0 Å². The number of hydrogen-bond donors (Lipinski definition) is 6. The summed E-state index contributed by atoms with van der Waals surface area (Å²) in [5.74, 6) is 0.272. The fourth-order valence-corrected chi connectivity index (χ4v) is 5.41. The van der Waals surface area contributed by atoms with Crippen LogP contribution in [0.2, 0.25) is 0 Å². The van der Waals surface area contributed by atoms with Crippen LogP contribution in [-0.2, 0) is 35.4 Å². The molecule has 44 heavy (non-hydrogen) atoms. The highest BCUT2D eigenvalue weighted by molar-refractivity contribution is 7.85. The van der Waals surface area contributed by atoms with Crippen molar-refractivity contribution >= 4 is 21.2 Å². The van der Waals surface area contributed by atoms with Crippen molar-refractivity contribution in [3.05, 3.63) is 0 Å². The number of rotatable bonds is 33. The Morgan fingerprint density at radius 3 is 2.02 bits per heavy atom. The van der Waals surface area contributed by atoms with E-state index in [0.717, 1.165) is 51.5 Å². The molecule has 6 N–H and O–H groups in total. The molecule has 0 radical (unpaired) electrons. The fourth-order valence-electron chi connectivity index (χ4n) is 4.56. The molecule has 0 aliphatic carbocycles. The molecular weight excluding hydrogens is 616 g/mol. The number of unbranched alkanes of at least 4 members (excludes halogenated alkanes) is 4. The van der Waals surface area contributed by atoms with Crippen LogP contribution >= 0.6 is 0 Å². The molecule has 5 unspecified atom stereocenters. The Bertz CT molecular complexity index is 780. The predicted molar refractivity (Wildman–Crippen MR) is 173 cm³/mol. The second kappa shape index (κ2) is 28.9. The van der Waals surface area contributed by atoms with Crippen LogP contribution in [0.3, 0.4) is 0 Å². The van der Waals surface area contributed by atoms with Crippen molar-refractivity contribution < 1.29 is 51.3 Å². The van der Waals surface area contributed by atoms with Gasteiger partial charge in [0.05, 0.1) is 49.6 Å². The van der Waals surface area contributed by atoms with Gasteiger partial charge in [-0.25, -0.2) is 4.21 Å². The predicted octanol–water partition coefficient (Wildman–Crippen LogP) is 1.68. The molecule has 13 nitrogen and oxygen atoms in total. The largest absolute Gasteiger partial charge is 0.389 e. The van der Waals surface area contributed by atoms with Crippen LogP contribution < -0.4 is 5.32 Å². The highest BCUT2D eigenvalue weighted by Gasteiger charge is 2.17. The summed E-state index contributed by atoms with van der Waals surface area (Å²) < 4.78 is 66.1. The van der Waals surface area contributed by atoms with Gasteiger partial charge in [0.2, 0.25) is 0 Å². The van der Waals surface area contributed by atoms with Crippen molar-refractivity contribution in [1.29, 1.82) is 0 Å². The summed E-state index contributed by atoms with van der Waals surface area (Å²) in [6.07, 6.45) is 6.74. The van der Waals surface area contributed by atoms with Crippen molar-refractivity contribution in [2.45, 2.75) is 96.4 Å². The van der Waals surface area contributed by atoms with E-state index in [2.05, 4.69) is 19.2 Å². The van der Waals surface area contributed by atoms with Crippen LogP contribution in [0.4, 0.5) is 0 Å². The fraction of sp³-hybridized carbons (Fsp3) is 1.00. The lowest BCUT2D eigenvalue weighted by molar-refractivity contribution is -0.0162. The summed E-state index contributed by atoms with van der Waals surface area (Å²) in [7, 11) is -3.99. The molecule has 0 heterocycles. The number of aliphatic hydroxyl groups excluding tert-OH is 3. The number of hydrogen-bond acceptors (Lipinski definition) is 11. The maximum absolute atomic E-state index is 10.7. The first kappa shape index (κ1) is 43.7. The molecule has 0 bridgehead atoms. The standard InChI is InChI=1S/C29H62N2O11S2/c1-3-5-12-26(4-2)22-42-25-29(34)21-31(20-28(33)24-40-15-10-17-43(35)36)14-9-7-6-8-13-30-19-27(32)23-41-16-11-18-44(37,38)39/h26-30,32-34H,3-25H2,1-2H3,(H,35,36)(H,37,38,39). The Morgan fingerprint density at radius 1 is 0.795 bits per heavy atom. The summed E-state index contributed by atoms with van der Waals surface area (Å²) in [6, 6.07) is 0. The zero-order valence-corrected chi connectivity index (χ0v) is 28.7. The van der Waals surface area contributed by atoms with Gasteiger partial charge in [0.15, 0.2) is 11.1 Å². The second-order valence-corrected chi connectivity index (χ2v) is 14.1. The zero-order chi connectivity index (χ0) is 33.1. The minimum Gasteiger partial charge on any atom is -0.389 e. The quantitative estimate of drug-likeness (QED) is 0.0334. The van der Waals surface area contributed by atoms with Gasteiger partial charge < -0.3 is 39.4 Å². The molecule has 5 atom stereocenters. The summed E-state index contributed by atoms with van der Waals surface area (Å²) in [5, 5.41) is 34.3. The van der Waals surface area contributed by atoms with Gasteiger partial charge in [0.1, 0.15) is 0 Å². The Hall–Kier alpha value is -0.300. The van der Waals surface area contributed by atoms with E-state index in [4.69, 9.17) is 23.3 Å². The van der Waals surface area contributed by atoms with E-state index in [-0.39, 0.29) is 44.4 Å². The first-order valence-electron chi connectivity index (χ1n) is 16.2. The monoisotopic (exact) mass is 678 g/mol. The zero-order valence-electron chi connectivity index (χ0n) is 27.0. The SMILES string of the molecule is CCCCC(CC)COCC(O)CN(CCCCCCNCC(O)COCCCS(=O)(=O)O)CC(O)COCCCS(=O)O. The molecule has 15 heteroatoms. The van der Waals surface area contributed by atoms with Gasteiger partial charge >= 0.3 is 0 Å². The molecule has 0 aromatic rings. The van der Waals surface area contributed by atoms with Crippen LogP contribution in [0, 0.1) is 5.92 Å². The summed E-state index contributed by atoms with van der Waals surface area (Å²) in [5.41, 5.74) is 0. The Morgan fingerprint density at radius 2 is 1.41 bits per heavy atom. The van der Waals surface area contributed by atoms with Crippen molar-refractivity contribution in [1.82, 2.24) is 10.2 Å². The van der Waals surface area contributed by atoms with Gasteiger partial charge in [-0.3, -0.25) is 9.45 Å². The Kier molecular flexibility index (Phi) is 28.7. The average molecular weight is 679 g/mol. The van der Waals surface area contributed by atoms with Crippen LogP contribution in [0.25, 0.3) is 0 Å². The van der Waals surface area contributed by atoms with Crippen LogP contribution in [0.1, 0.15) is 78.1 Å². The van der Waals surface area contributed by atoms with Gasteiger partial charge in [-0.1, -0.05) is 46.0 Å². The molecular formula is C29H62N2O11S2.